The molecular formula is C11H12BrNO2S. The zero-order chi connectivity index (χ0) is 12.2. The predicted octanol–water partition coefficient (Wildman–Crippen LogP) is 2.06. The summed E-state index contributed by atoms with van der Waals surface area (Å²) < 4.78 is 26.7. The zero-order valence-corrected chi connectivity index (χ0v) is 11.2. The molecule has 1 rings (SSSR count). The smallest absolute Gasteiger partial charge is 0.210 e. The Hall–Kier alpha value is -0.830. The molecule has 0 aliphatic rings. The van der Waals surface area contributed by atoms with Crippen LogP contribution in [0.2, 0.25) is 0 Å². The number of rotatable bonds is 4. The van der Waals surface area contributed by atoms with Crippen molar-refractivity contribution in [1.29, 1.82) is 0 Å². The first kappa shape index (κ1) is 13.2. The van der Waals surface area contributed by atoms with Gasteiger partial charge in [0.25, 0.3) is 0 Å². The Labute approximate surface area is 104 Å². The van der Waals surface area contributed by atoms with E-state index in [0.717, 1.165) is 5.56 Å². The van der Waals surface area contributed by atoms with E-state index >= 15 is 0 Å². The van der Waals surface area contributed by atoms with Gasteiger partial charge < -0.3 is 0 Å². The van der Waals surface area contributed by atoms with Crippen molar-refractivity contribution < 1.29 is 8.42 Å². The summed E-state index contributed by atoms with van der Waals surface area (Å²) in [6.45, 7) is 2.14. The zero-order valence-electron chi connectivity index (χ0n) is 8.83. The van der Waals surface area contributed by atoms with E-state index in [1.165, 1.54) is 0 Å². The maximum absolute atomic E-state index is 11.8. The standard InChI is InChI=1S/C11H12BrNO2S/c1-3-4-7-13-16(14,15)11-6-5-9(2)8-10(11)12/h1,5-6,8,13H,4,7H2,2H3. The van der Waals surface area contributed by atoms with Gasteiger partial charge in [-0.25, -0.2) is 13.1 Å². The SMILES string of the molecule is C#CCCNS(=O)(=O)c1ccc(C)cc1Br. The number of halogens is 1. The fourth-order valence-corrected chi connectivity index (χ4v) is 3.38. The summed E-state index contributed by atoms with van der Waals surface area (Å²) >= 11 is 3.23. The third-order valence-electron chi connectivity index (χ3n) is 1.94. The molecule has 0 unspecified atom stereocenters. The van der Waals surface area contributed by atoms with Gasteiger partial charge in [-0.1, -0.05) is 6.07 Å². The summed E-state index contributed by atoms with van der Waals surface area (Å²) in [5, 5.41) is 0. The van der Waals surface area contributed by atoms with Crippen LogP contribution in [-0.4, -0.2) is 15.0 Å². The Bertz CT molecular complexity index is 517. The molecule has 0 atom stereocenters. The molecule has 1 N–H and O–H groups in total. The average Bonchev–Trinajstić information content (AvgIpc) is 2.17. The summed E-state index contributed by atoms with van der Waals surface area (Å²) in [4.78, 5) is 0.232. The Balaban J connectivity index is 2.95. The van der Waals surface area contributed by atoms with Crippen molar-refractivity contribution in [3.63, 3.8) is 0 Å². The van der Waals surface area contributed by atoms with Gasteiger partial charge >= 0.3 is 0 Å². The first-order chi connectivity index (χ1) is 7.47. The Morgan fingerprint density at radius 3 is 2.75 bits per heavy atom. The number of hydrogen-bond donors (Lipinski definition) is 1. The first-order valence-corrected chi connectivity index (χ1v) is 6.94. The van der Waals surface area contributed by atoms with Gasteiger partial charge in [-0.2, -0.15) is 0 Å². The first-order valence-electron chi connectivity index (χ1n) is 4.66. The molecule has 86 valence electrons. The van der Waals surface area contributed by atoms with Gasteiger partial charge in [-0.05, 0) is 40.5 Å². The fourth-order valence-electron chi connectivity index (χ4n) is 1.16. The second-order valence-corrected chi connectivity index (χ2v) is 5.88. The summed E-state index contributed by atoms with van der Waals surface area (Å²) in [5.74, 6) is 2.38. The third kappa shape index (κ3) is 3.34. The molecular weight excluding hydrogens is 290 g/mol. The van der Waals surface area contributed by atoms with Crippen LogP contribution in [0.5, 0.6) is 0 Å². The molecule has 0 heterocycles. The van der Waals surface area contributed by atoms with E-state index in [1.54, 1.807) is 18.2 Å². The molecule has 0 aliphatic heterocycles. The summed E-state index contributed by atoms with van der Waals surface area (Å²) in [7, 11) is -3.47. The maximum atomic E-state index is 11.8. The molecule has 0 aliphatic carbocycles. The highest BCUT2D eigenvalue weighted by Gasteiger charge is 2.16. The van der Waals surface area contributed by atoms with E-state index in [1.807, 2.05) is 6.92 Å². The molecule has 0 spiro atoms. The van der Waals surface area contributed by atoms with Crippen LogP contribution in [0.1, 0.15) is 12.0 Å². The molecule has 0 saturated heterocycles. The van der Waals surface area contributed by atoms with Crippen LogP contribution < -0.4 is 4.72 Å². The lowest BCUT2D eigenvalue weighted by atomic mass is 10.2. The van der Waals surface area contributed by atoms with Gasteiger partial charge in [-0.3, -0.25) is 0 Å². The lowest BCUT2D eigenvalue weighted by Crippen LogP contribution is -2.24. The quantitative estimate of drug-likeness (QED) is 0.683. The molecule has 0 bridgehead atoms. The van der Waals surface area contributed by atoms with Crippen molar-refractivity contribution in [2.24, 2.45) is 0 Å². The average molecular weight is 302 g/mol. The van der Waals surface area contributed by atoms with Crippen LogP contribution in [0.3, 0.4) is 0 Å². The van der Waals surface area contributed by atoms with E-state index in [9.17, 15) is 8.42 Å². The van der Waals surface area contributed by atoms with E-state index in [-0.39, 0.29) is 11.4 Å². The maximum Gasteiger partial charge on any atom is 0.241 e. The lowest BCUT2D eigenvalue weighted by molar-refractivity contribution is 0.582. The number of benzene rings is 1. The lowest BCUT2D eigenvalue weighted by Gasteiger charge is -2.07. The Morgan fingerprint density at radius 1 is 1.50 bits per heavy atom. The highest BCUT2D eigenvalue weighted by atomic mass is 79.9. The second kappa shape index (κ2) is 5.48. The van der Waals surface area contributed by atoms with Crippen LogP contribution in [0.4, 0.5) is 0 Å². The summed E-state index contributed by atoms with van der Waals surface area (Å²) in [6, 6.07) is 5.08. The van der Waals surface area contributed by atoms with Crippen molar-refractivity contribution in [3.8, 4) is 12.3 Å². The number of terminal acetylenes is 1. The highest BCUT2D eigenvalue weighted by Crippen LogP contribution is 2.22. The van der Waals surface area contributed by atoms with E-state index in [2.05, 4.69) is 26.6 Å². The molecule has 1 aromatic rings. The van der Waals surface area contributed by atoms with E-state index < -0.39 is 10.0 Å². The molecule has 0 radical (unpaired) electrons. The van der Waals surface area contributed by atoms with Crippen molar-refractivity contribution in [2.45, 2.75) is 18.2 Å². The molecule has 5 heteroatoms. The molecule has 0 amide bonds. The van der Waals surface area contributed by atoms with Crippen LogP contribution >= 0.6 is 15.9 Å². The third-order valence-corrected chi connectivity index (χ3v) is 4.38. The molecule has 3 nitrogen and oxygen atoms in total. The number of nitrogens with one attached hydrogen (secondary N) is 1. The van der Waals surface area contributed by atoms with E-state index in [0.29, 0.717) is 10.9 Å². The summed E-state index contributed by atoms with van der Waals surface area (Å²) in [5.41, 5.74) is 0.995. The van der Waals surface area contributed by atoms with Gasteiger partial charge in [0, 0.05) is 17.4 Å². The minimum Gasteiger partial charge on any atom is -0.210 e. The van der Waals surface area contributed by atoms with Gasteiger partial charge in [0.2, 0.25) is 10.0 Å². The van der Waals surface area contributed by atoms with Crippen molar-refractivity contribution in [3.05, 3.63) is 28.2 Å². The minimum atomic E-state index is -3.47. The van der Waals surface area contributed by atoms with E-state index in [4.69, 9.17) is 6.42 Å². The normalized spacial score (nSPS) is 11.1. The van der Waals surface area contributed by atoms with Gasteiger partial charge in [-0.15, -0.1) is 12.3 Å². The van der Waals surface area contributed by atoms with Crippen molar-refractivity contribution >= 4 is 26.0 Å². The number of hydrogen-bond acceptors (Lipinski definition) is 2. The topological polar surface area (TPSA) is 46.2 Å². The van der Waals surface area contributed by atoms with Crippen LogP contribution in [0.15, 0.2) is 27.6 Å². The molecule has 0 aromatic heterocycles. The molecule has 0 fully saturated rings. The number of aryl methyl sites for hydroxylation is 1. The Kier molecular flexibility index (Phi) is 4.54. The molecule has 1 aromatic carbocycles. The van der Waals surface area contributed by atoms with Gasteiger partial charge in [0.1, 0.15) is 0 Å². The molecule has 0 saturated carbocycles. The largest absolute Gasteiger partial charge is 0.241 e. The fraction of sp³-hybridized carbons (Fsp3) is 0.273. The van der Waals surface area contributed by atoms with Crippen LogP contribution in [-0.2, 0) is 10.0 Å². The minimum absolute atomic E-state index is 0.232. The summed E-state index contributed by atoms with van der Waals surface area (Å²) in [6.07, 6.45) is 5.43. The highest BCUT2D eigenvalue weighted by molar-refractivity contribution is 9.10. The Morgan fingerprint density at radius 2 is 2.19 bits per heavy atom. The van der Waals surface area contributed by atoms with Gasteiger partial charge in [0.05, 0.1) is 4.90 Å². The predicted molar refractivity (Wildman–Crippen MR) is 67.5 cm³/mol. The van der Waals surface area contributed by atoms with Crippen molar-refractivity contribution in [2.75, 3.05) is 6.54 Å². The van der Waals surface area contributed by atoms with Crippen LogP contribution in [0.25, 0.3) is 0 Å². The number of sulfonamides is 1. The monoisotopic (exact) mass is 301 g/mol. The van der Waals surface area contributed by atoms with Crippen LogP contribution in [0, 0.1) is 19.3 Å². The molecule has 16 heavy (non-hydrogen) atoms. The van der Waals surface area contributed by atoms with Crippen molar-refractivity contribution in [1.82, 2.24) is 4.72 Å². The van der Waals surface area contributed by atoms with Gasteiger partial charge in [0.15, 0.2) is 0 Å². The second-order valence-electron chi connectivity index (χ2n) is 3.29.